The number of carbonyl (C=O) groups excluding carboxylic acids is 5. The lowest BCUT2D eigenvalue weighted by Crippen LogP contribution is -2.56. The average molecular weight is 1540 g/mol. The predicted octanol–water partition coefficient (Wildman–Crippen LogP) is 12.3. The number of piperazine rings is 1. The van der Waals surface area contributed by atoms with Gasteiger partial charge in [0.25, 0.3) is 25.8 Å². The number of aryl methyl sites for hydroxylation is 2. The van der Waals surface area contributed by atoms with Gasteiger partial charge in [-0.3, -0.25) is 28.9 Å². The molecule has 105 heavy (non-hydrogen) atoms. The maximum atomic E-state index is 14.6. The summed E-state index contributed by atoms with van der Waals surface area (Å²) in [4.78, 5) is 78.2. The number of anilines is 2. The van der Waals surface area contributed by atoms with E-state index in [1.165, 1.54) is 39.4 Å². The molecule has 0 bridgehead atoms. The van der Waals surface area contributed by atoms with E-state index in [0.717, 1.165) is 102 Å². The van der Waals surface area contributed by atoms with Crippen molar-refractivity contribution in [3.8, 4) is 10.4 Å². The average Bonchev–Trinajstić information content (AvgIpc) is 1.29. The van der Waals surface area contributed by atoms with E-state index in [2.05, 4.69) is 67.3 Å². The highest BCUT2D eigenvalue weighted by Crippen LogP contribution is 2.44. The Kier molecular flexibility index (Phi) is 26.5. The van der Waals surface area contributed by atoms with Crippen molar-refractivity contribution in [3.05, 3.63) is 159 Å². The number of sulfonamides is 1. The molecule has 566 valence electrons. The number of amides is 5. The maximum Gasteiger partial charge on any atom is 0.501 e. The van der Waals surface area contributed by atoms with Gasteiger partial charge in [0.05, 0.1) is 38.8 Å². The number of sulfone groups is 1. The third-order valence-electron chi connectivity index (χ3n) is 20.0. The monoisotopic (exact) mass is 1540 g/mol. The summed E-state index contributed by atoms with van der Waals surface area (Å²) < 4.78 is 100. The second-order valence-corrected chi connectivity index (χ2v) is 35.8. The third-order valence-corrected chi connectivity index (χ3v) is 25.3. The van der Waals surface area contributed by atoms with Crippen molar-refractivity contribution < 1.29 is 59.1 Å². The molecule has 20 nitrogen and oxygen atoms in total. The molecule has 0 saturated carbocycles. The first-order chi connectivity index (χ1) is 49.7. The van der Waals surface area contributed by atoms with Gasteiger partial charge < -0.3 is 41.5 Å². The van der Waals surface area contributed by atoms with E-state index in [4.69, 9.17) is 11.6 Å². The number of rotatable bonds is 30. The van der Waals surface area contributed by atoms with Gasteiger partial charge in [-0.15, -0.1) is 23.1 Å². The number of thiazole rings is 1. The normalized spacial score (nSPS) is 18.7. The van der Waals surface area contributed by atoms with Gasteiger partial charge in [0, 0.05) is 110 Å². The molecule has 6 aromatic rings. The highest BCUT2D eigenvalue weighted by molar-refractivity contribution is 7.99. The van der Waals surface area contributed by atoms with Gasteiger partial charge in [-0.2, -0.15) is 13.2 Å². The molecule has 1 aliphatic carbocycles. The maximum absolute atomic E-state index is 14.6. The number of β-amino-alcohol motifs (C(OH)–C–C–N with tert-alkyl or cyclic N) is 1. The number of nitrogens with zero attached hydrogens (tertiary/aromatic N) is 4. The standard InChI is InChI=1S/C77H96ClF3N10O10S4/c1-49(51-17-19-53(20-18-51)71-50(2)84-48-103-71)85-70(95)41-60-40-61(92)46-91(60)74(97)72(75(3,4)5)87-69(94)16-12-11-15-68(93)83-36-35-82-34-32-58(47-102-62-13-9-8-10-14-62)86-65-29-28-63(42-67(65)104(98,99)77(79,80)81)105(100,101)88-73(96)55-24-30-66-54(39-55)23-27-59-45-89(37-38-90(59)66)44-56-43-76(6,7)33-31-64(56)52-21-25-57(78)26-22-52/h8-10,13-14,17-22,24-26,28-30,39,42,48-49,58-61,72,82,86,92H,11-12,15-16,23,27,31-38,40-41,43-47H2,1-7H3,(H,83,93)(H,85,95)(H,87,94)(H,88,96)/t49-,58+,59?,60-,61+,72?/m0/s1. The number of thioether (sulfide) groups is 1. The van der Waals surface area contributed by atoms with Crippen LogP contribution in [-0.2, 0) is 45.5 Å². The largest absolute Gasteiger partial charge is 0.501 e. The summed E-state index contributed by atoms with van der Waals surface area (Å²) in [5.41, 5.74) is 3.61. The fraction of sp³-hybridized carbons (Fsp3) is 0.481. The van der Waals surface area contributed by atoms with Crippen LogP contribution in [0.5, 0.6) is 0 Å². The minimum Gasteiger partial charge on any atom is -0.391 e. The minimum atomic E-state index is -6.19. The fourth-order valence-electron chi connectivity index (χ4n) is 14.4. The zero-order valence-corrected chi connectivity index (χ0v) is 64.4. The van der Waals surface area contributed by atoms with Crippen molar-refractivity contribution >= 4 is 101 Å². The first-order valence-corrected chi connectivity index (χ1v) is 41.0. The summed E-state index contributed by atoms with van der Waals surface area (Å²) in [7, 11) is -11.2. The molecule has 7 N–H and O–H groups in total. The molecule has 4 heterocycles. The second-order valence-electron chi connectivity index (χ2n) is 29.8. The lowest BCUT2D eigenvalue weighted by molar-refractivity contribution is -0.141. The van der Waals surface area contributed by atoms with Crippen molar-refractivity contribution in [1.82, 2.24) is 40.8 Å². The van der Waals surface area contributed by atoms with E-state index in [9.17, 15) is 59.1 Å². The molecule has 2 unspecified atom stereocenters. The van der Waals surface area contributed by atoms with Crippen LogP contribution >= 0.6 is 34.7 Å². The highest BCUT2D eigenvalue weighted by Gasteiger charge is 2.49. The van der Waals surface area contributed by atoms with Crippen molar-refractivity contribution in [3.63, 3.8) is 0 Å². The van der Waals surface area contributed by atoms with Gasteiger partial charge in [-0.05, 0) is 178 Å². The number of halogens is 4. The number of hydrogen-bond acceptors (Lipinski definition) is 17. The summed E-state index contributed by atoms with van der Waals surface area (Å²) in [5, 5.41) is 26.3. The van der Waals surface area contributed by atoms with Crippen LogP contribution in [0.1, 0.15) is 151 Å². The molecule has 2 fully saturated rings. The quantitative estimate of drug-likeness (QED) is 0.0163. The van der Waals surface area contributed by atoms with Crippen LogP contribution in [0, 0.1) is 17.8 Å². The van der Waals surface area contributed by atoms with E-state index in [1.807, 2.05) is 106 Å². The first kappa shape index (κ1) is 80.2. The smallest absolute Gasteiger partial charge is 0.391 e. The molecule has 2 saturated heterocycles. The third kappa shape index (κ3) is 21.1. The van der Waals surface area contributed by atoms with Crippen molar-refractivity contribution in [2.75, 3.05) is 68.3 Å². The molecule has 3 aliphatic heterocycles. The van der Waals surface area contributed by atoms with E-state index in [-0.39, 0.29) is 98.9 Å². The van der Waals surface area contributed by atoms with E-state index in [0.29, 0.717) is 30.4 Å². The van der Waals surface area contributed by atoms with E-state index < -0.39 is 88.2 Å². The number of aliphatic hydroxyl groups excluding tert-OH is 1. The summed E-state index contributed by atoms with van der Waals surface area (Å²) >= 11 is 9.17. The molecule has 5 aromatic carbocycles. The Morgan fingerprint density at radius 1 is 0.819 bits per heavy atom. The highest BCUT2D eigenvalue weighted by atomic mass is 35.5. The zero-order valence-electron chi connectivity index (χ0n) is 60.4. The Hall–Kier alpha value is -7.37. The van der Waals surface area contributed by atoms with Crippen LogP contribution in [0.15, 0.2) is 141 Å². The molecule has 4 aliphatic rings. The number of fused-ring (bicyclic) bond motifs is 3. The van der Waals surface area contributed by atoms with Crippen molar-refractivity contribution in [2.45, 2.75) is 182 Å². The lowest BCUT2D eigenvalue weighted by atomic mass is 9.72. The number of aromatic nitrogens is 1. The second kappa shape index (κ2) is 34.7. The van der Waals surface area contributed by atoms with Gasteiger partial charge in [0.1, 0.15) is 10.9 Å². The van der Waals surface area contributed by atoms with Crippen LogP contribution in [0.2, 0.25) is 5.02 Å². The molecule has 28 heteroatoms. The van der Waals surface area contributed by atoms with Gasteiger partial charge in [0.2, 0.25) is 23.6 Å². The summed E-state index contributed by atoms with van der Waals surface area (Å²) in [6.45, 7) is 17.9. The number of carbonyl (C=O) groups is 5. The van der Waals surface area contributed by atoms with Gasteiger partial charge in [-0.1, -0.05) is 106 Å². The zero-order chi connectivity index (χ0) is 75.6. The van der Waals surface area contributed by atoms with Crippen LogP contribution in [0.25, 0.3) is 16.0 Å². The number of nitrogens with one attached hydrogen (secondary N) is 6. The minimum absolute atomic E-state index is 0.00814. The summed E-state index contributed by atoms with van der Waals surface area (Å²) in [5.74, 6) is -2.18. The summed E-state index contributed by atoms with van der Waals surface area (Å²) in [6, 6.07) is 30.0. The number of likely N-dealkylation sites (tertiary alicyclic amines) is 1. The Morgan fingerprint density at radius 3 is 2.23 bits per heavy atom. The molecule has 0 spiro atoms. The Balaban J connectivity index is 0.688. The number of benzene rings is 5. The van der Waals surface area contributed by atoms with Gasteiger partial charge in [-0.25, -0.2) is 26.5 Å². The van der Waals surface area contributed by atoms with Crippen LogP contribution in [0.4, 0.5) is 24.5 Å². The van der Waals surface area contributed by atoms with Gasteiger partial charge in [0.15, 0.2) is 0 Å². The number of aliphatic hydroxyl groups is 1. The van der Waals surface area contributed by atoms with Crippen LogP contribution < -0.4 is 36.2 Å². The Bertz CT molecular complexity index is 4350. The number of unbranched alkanes of at least 4 members (excludes halogenated alkanes) is 1. The van der Waals surface area contributed by atoms with Crippen LogP contribution in [-0.4, -0.2) is 160 Å². The number of alkyl halides is 3. The Morgan fingerprint density at radius 2 is 1.53 bits per heavy atom. The molecular weight excluding hydrogens is 1450 g/mol. The Labute approximate surface area is 627 Å². The van der Waals surface area contributed by atoms with Crippen LogP contribution in [0.3, 0.4) is 0 Å². The predicted molar refractivity (Wildman–Crippen MR) is 407 cm³/mol. The topological polar surface area (TPSA) is 269 Å². The molecule has 5 amide bonds. The van der Waals surface area contributed by atoms with E-state index >= 15 is 0 Å². The lowest BCUT2D eigenvalue weighted by Gasteiger charge is -2.47. The molecule has 0 radical (unpaired) electrons. The molecule has 10 rings (SSSR count). The molecular formula is C77H96ClF3N10O10S4. The van der Waals surface area contributed by atoms with Crippen molar-refractivity contribution in [2.24, 2.45) is 10.8 Å². The summed E-state index contributed by atoms with van der Waals surface area (Å²) in [6.07, 6.45) is 4.84. The SMILES string of the molecule is Cc1ncsc1-c1ccc([C@H](C)NC(=O)C[C@@H]2C[C@@H](O)CN2C(=O)C(NC(=O)CCCCC(=O)NCCNCC[C@H](CSc2ccccc2)Nc2ccc(S(=O)(=O)NC(=O)c3ccc4c(c3)CCC3CN(CC5=C(c6ccc(Cl)cc6)CCC(C)(C)C5)CCN43)cc2S(=O)(=O)C(F)(F)F)C(C)(C)C)cc1. The van der Waals surface area contributed by atoms with E-state index in [1.54, 1.807) is 29.0 Å². The van der Waals surface area contributed by atoms with Crippen molar-refractivity contribution in [1.29, 1.82) is 0 Å². The first-order valence-electron chi connectivity index (χ1n) is 35.8. The number of allylic oxidation sites excluding steroid dienone is 1. The molecule has 6 atom stereocenters. The van der Waals surface area contributed by atoms with Gasteiger partial charge >= 0.3 is 5.51 Å². The molecule has 1 aromatic heterocycles. The fourth-order valence-corrected chi connectivity index (χ4v) is 18.3. The number of hydrogen-bond donors (Lipinski definition) is 7.